The van der Waals surface area contributed by atoms with E-state index in [1.165, 1.54) is 0 Å². The topological polar surface area (TPSA) is 41.9 Å². The Kier molecular flexibility index (Phi) is 7.02. The summed E-state index contributed by atoms with van der Waals surface area (Å²) in [6.45, 7) is 10.2. The van der Waals surface area contributed by atoms with E-state index >= 15 is 0 Å². The highest BCUT2D eigenvalue weighted by Gasteiger charge is 2.32. The van der Waals surface area contributed by atoms with Crippen LogP contribution >= 0.6 is 11.8 Å². The SMILES string of the molecule is C=C/C=C(\C=NC)CCC1SCCN1C(=O)OC(C)(C)C. The van der Waals surface area contributed by atoms with Gasteiger partial charge in [-0.25, -0.2) is 4.79 Å². The quantitative estimate of drug-likeness (QED) is 0.571. The van der Waals surface area contributed by atoms with Gasteiger partial charge < -0.3 is 4.74 Å². The van der Waals surface area contributed by atoms with Crippen molar-refractivity contribution in [1.29, 1.82) is 0 Å². The van der Waals surface area contributed by atoms with E-state index in [4.69, 9.17) is 4.74 Å². The second-order valence-electron chi connectivity index (χ2n) is 5.90. The van der Waals surface area contributed by atoms with Gasteiger partial charge >= 0.3 is 6.09 Å². The van der Waals surface area contributed by atoms with Gasteiger partial charge in [-0.3, -0.25) is 9.89 Å². The molecule has 0 aliphatic carbocycles. The zero-order chi connectivity index (χ0) is 15.9. The van der Waals surface area contributed by atoms with Gasteiger partial charge in [0.1, 0.15) is 5.60 Å². The van der Waals surface area contributed by atoms with E-state index in [0.717, 1.165) is 30.7 Å². The van der Waals surface area contributed by atoms with Crippen molar-refractivity contribution in [2.75, 3.05) is 19.3 Å². The summed E-state index contributed by atoms with van der Waals surface area (Å²) in [5.74, 6) is 0.965. The number of ether oxygens (including phenoxy) is 1. The first-order valence-corrected chi connectivity index (χ1v) is 8.27. The molecule has 1 amide bonds. The summed E-state index contributed by atoms with van der Waals surface area (Å²) in [6, 6.07) is 0. The van der Waals surface area contributed by atoms with Crippen molar-refractivity contribution < 1.29 is 9.53 Å². The molecule has 0 N–H and O–H groups in total. The number of allylic oxidation sites excluding steroid dienone is 3. The standard InChI is InChI=1S/C16H26N2O2S/c1-6-7-13(12-17-5)8-9-14-18(10-11-21-14)15(19)20-16(2,3)4/h6-7,12,14H,1,8-11H2,2-5H3/b13-7-,17-12?. The van der Waals surface area contributed by atoms with Crippen LogP contribution in [0.3, 0.4) is 0 Å². The molecular formula is C16H26N2O2S. The zero-order valence-electron chi connectivity index (χ0n) is 13.5. The maximum Gasteiger partial charge on any atom is 0.411 e. The average Bonchev–Trinajstić information content (AvgIpc) is 2.83. The van der Waals surface area contributed by atoms with Gasteiger partial charge in [-0.1, -0.05) is 18.7 Å². The number of nitrogens with zero attached hydrogens (tertiary/aromatic N) is 2. The second-order valence-corrected chi connectivity index (χ2v) is 7.19. The Morgan fingerprint density at radius 1 is 1.52 bits per heavy atom. The predicted molar refractivity (Wildman–Crippen MR) is 91.1 cm³/mol. The molecule has 1 aliphatic heterocycles. The van der Waals surface area contributed by atoms with Gasteiger partial charge in [-0.05, 0) is 39.2 Å². The number of aliphatic imine (C=N–C) groups is 1. The molecule has 0 aromatic carbocycles. The van der Waals surface area contributed by atoms with E-state index in [2.05, 4.69) is 11.6 Å². The van der Waals surface area contributed by atoms with Gasteiger partial charge in [-0.2, -0.15) is 0 Å². The van der Waals surface area contributed by atoms with Gasteiger partial charge in [0.15, 0.2) is 0 Å². The van der Waals surface area contributed by atoms with Crippen LogP contribution < -0.4 is 0 Å². The predicted octanol–water partition coefficient (Wildman–Crippen LogP) is 3.89. The Morgan fingerprint density at radius 2 is 2.24 bits per heavy atom. The smallest absolute Gasteiger partial charge is 0.411 e. The summed E-state index contributed by atoms with van der Waals surface area (Å²) in [7, 11) is 1.76. The molecule has 0 aromatic rings. The molecule has 1 heterocycles. The van der Waals surface area contributed by atoms with Crippen molar-refractivity contribution >= 4 is 24.1 Å². The first-order valence-electron chi connectivity index (χ1n) is 7.22. The minimum absolute atomic E-state index is 0.179. The lowest BCUT2D eigenvalue weighted by Gasteiger charge is -2.28. The second kappa shape index (κ2) is 8.27. The maximum atomic E-state index is 12.2. The highest BCUT2D eigenvalue weighted by Crippen LogP contribution is 2.29. The van der Waals surface area contributed by atoms with Crippen molar-refractivity contribution in [3.05, 3.63) is 24.3 Å². The van der Waals surface area contributed by atoms with Crippen LogP contribution in [0.4, 0.5) is 4.79 Å². The van der Waals surface area contributed by atoms with Gasteiger partial charge in [-0.15, -0.1) is 11.8 Å². The lowest BCUT2D eigenvalue weighted by atomic mass is 10.1. The molecule has 1 rings (SSSR count). The van der Waals surface area contributed by atoms with Crippen molar-refractivity contribution in [3.63, 3.8) is 0 Å². The minimum atomic E-state index is -0.447. The average molecular weight is 310 g/mol. The molecule has 1 saturated heterocycles. The summed E-state index contributed by atoms with van der Waals surface area (Å²) in [4.78, 5) is 18.1. The number of rotatable bonds is 5. The molecule has 1 unspecified atom stereocenters. The first kappa shape index (κ1) is 17.8. The number of carbonyl (C=O) groups excluding carboxylic acids is 1. The van der Waals surface area contributed by atoms with Crippen molar-refractivity contribution in [3.8, 4) is 0 Å². The van der Waals surface area contributed by atoms with Crippen LogP contribution in [0.25, 0.3) is 0 Å². The molecule has 0 radical (unpaired) electrons. The molecule has 1 aliphatic rings. The summed E-state index contributed by atoms with van der Waals surface area (Å²) < 4.78 is 5.47. The molecule has 1 fully saturated rings. The molecular weight excluding hydrogens is 284 g/mol. The van der Waals surface area contributed by atoms with E-state index in [1.54, 1.807) is 13.1 Å². The van der Waals surface area contributed by atoms with Gasteiger partial charge in [0, 0.05) is 25.6 Å². The van der Waals surface area contributed by atoms with Crippen LogP contribution in [-0.2, 0) is 4.74 Å². The highest BCUT2D eigenvalue weighted by atomic mass is 32.2. The lowest BCUT2D eigenvalue weighted by molar-refractivity contribution is 0.0251. The van der Waals surface area contributed by atoms with Crippen LogP contribution in [0, 0.1) is 0 Å². The highest BCUT2D eigenvalue weighted by molar-refractivity contribution is 8.00. The van der Waals surface area contributed by atoms with E-state index in [9.17, 15) is 4.79 Å². The van der Waals surface area contributed by atoms with Crippen LogP contribution in [0.1, 0.15) is 33.6 Å². The zero-order valence-corrected chi connectivity index (χ0v) is 14.3. The fourth-order valence-electron chi connectivity index (χ4n) is 2.09. The number of hydrogen-bond acceptors (Lipinski definition) is 4. The maximum absolute atomic E-state index is 12.2. The third-order valence-electron chi connectivity index (χ3n) is 2.92. The van der Waals surface area contributed by atoms with E-state index in [1.807, 2.05) is 49.7 Å². The molecule has 0 spiro atoms. The van der Waals surface area contributed by atoms with E-state index in [-0.39, 0.29) is 11.5 Å². The van der Waals surface area contributed by atoms with Crippen molar-refractivity contribution in [2.24, 2.45) is 4.99 Å². The largest absolute Gasteiger partial charge is 0.444 e. The monoisotopic (exact) mass is 310 g/mol. The Morgan fingerprint density at radius 3 is 2.81 bits per heavy atom. The molecule has 0 saturated carbocycles. The fourth-order valence-corrected chi connectivity index (χ4v) is 3.32. The lowest BCUT2D eigenvalue weighted by Crippen LogP contribution is -2.39. The fraction of sp³-hybridized carbons (Fsp3) is 0.625. The number of amides is 1. The van der Waals surface area contributed by atoms with Crippen molar-refractivity contribution in [2.45, 2.75) is 44.6 Å². The molecule has 1 atom stereocenters. The number of thioether (sulfide) groups is 1. The van der Waals surface area contributed by atoms with Gasteiger partial charge in [0.05, 0.1) is 5.37 Å². The third-order valence-corrected chi connectivity index (χ3v) is 4.22. The number of hydrogen-bond donors (Lipinski definition) is 0. The van der Waals surface area contributed by atoms with Crippen LogP contribution in [-0.4, -0.2) is 47.5 Å². The molecule has 4 nitrogen and oxygen atoms in total. The summed E-state index contributed by atoms with van der Waals surface area (Å²) in [5.41, 5.74) is 0.682. The van der Waals surface area contributed by atoms with E-state index in [0.29, 0.717) is 0 Å². The van der Waals surface area contributed by atoms with Gasteiger partial charge in [0.25, 0.3) is 0 Å². The number of carbonyl (C=O) groups is 1. The van der Waals surface area contributed by atoms with Crippen molar-refractivity contribution in [1.82, 2.24) is 4.90 Å². The Hall–Kier alpha value is -1.23. The first-order chi connectivity index (χ1) is 9.87. The van der Waals surface area contributed by atoms with Crippen LogP contribution in [0.5, 0.6) is 0 Å². The Balaban J connectivity index is 2.59. The van der Waals surface area contributed by atoms with Crippen LogP contribution in [0.15, 0.2) is 29.3 Å². The molecule has 118 valence electrons. The summed E-state index contributed by atoms with van der Waals surface area (Å²) >= 11 is 1.81. The molecule has 0 bridgehead atoms. The summed E-state index contributed by atoms with van der Waals surface area (Å²) in [5, 5.41) is 0.179. The van der Waals surface area contributed by atoms with Gasteiger partial charge in [0.2, 0.25) is 0 Å². The van der Waals surface area contributed by atoms with E-state index < -0.39 is 5.60 Å². The third kappa shape index (κ3) is 6.38. The van der Waals surface area contributed by atoms with Crippen LogP contribution in [0.2, 0.25) is 0 Å². The Labute approximate surface area is 132 Å². The minimum Gasteiger partial charge on any atom is -0.444 e. The summed E-state index contributed by atoms with van der Waals surface area (Å²) in [6.07, 6.45) is 7.14. The molecule has 5 heteroatoms. The Bertz CT molecular complexity index is 424. The molecule has 21 heavy (non-hydrogen) atoms. The normalized spacial score (nSPS) is 20.1. The molecule has 0 aromatic heterocycles.